The van der Waals surface area contributed by atoms with Crippen LogP contribution in [0.1, 0.15) is 15.9 Å². The number of aromatic hydroxyl groups is 2. The molecule has 0 atom stereocenters. The molecule has 0 saturated carbocycles. The topological polar surface area (TPSA) is 69.6 Å². The number of benzene rings is 2. The first-order valence-corrected chi connectivity index (χ1v) is 5.61. The van der Waals surface area contributed by atoms with Gasteiger partial charge in [0.2, 0.25) is 0 Å². The standard InChI is InChI=1S/C14H12FNO3/c15-13-7-11(18)4-5-12(13)14(19)16-8-9-2-1-3-10(17)6-9/h1-7,17-18H,8H2,(H,16,19). The van der Waals surface area contributed by atoms with Gasteiger partial charge >= 0.3 is 0 Å². The van der Waals surface area contributed by atoms with E-state index >= 15 is 0 Å². The van der Waals surface area contributed by atoms with Gasteiger partial charge in [-0.05, 0) is 29.8 Å². The lowest BCUT2D eigenvalue weighted by molar-refractivity contribution is 0.0947. The minimum Gasteiger partial charge on any atom is -0.508 e. The van der Waals surface area contributed by atoms with Crippen LogP contribution < -0.4 is 5.32 Å². The van der Waals surface area contributed by atoms with Crippen molar-refractivity contribution in [3.8, 4) is 11.5 Å². The Hall–Kier alpha value is -2.56. The molecule has 0 aliphatic heterocycles. The Balaban J connectivity index is 2.05. The molecule has 0 fully saturated rings. The fourth-order valence-electron chi connectivity index (χ4n) is 1.63. The van der Waals surface area contributed by atoms with Crippen molar-refractivity contribution in [2.45, 2.75) is 6.54 Å². The van der Waals surface area contributed by atoms with E-state index in [2.05, 4.69) is 5.32 Å². The summed E-state index contributed by atoms with van der Waals surface area (Å²) < 4.78 is 13.4. The molecule has 0 aliphatic carbocycles. The Kier molecular flexibility index (Phi) is 3.66. The summed E-state index contributed by atoms with van der Waals surface area (Å²) in [5, 5.41) is 20.9. The lowest BCUT2D eigenvalue weighted by Crippen LogP contribution is -2.23. The van der Waals surface area contributed by atoms with Crippen LogP contribution in [0, 0.1) is 5.82 Å². The number of carbonyl (C=O) groups excluding carboxylic acids is 1. The van der Waals surface area contributed by atoms with E-state index in [9.17, 15) is 14.3 Å². The van der Waals surface area contributed by atoms with Gasteiger partial charge in [-0.1, -0.05) is 12.1 Å². The van der Waals surface area contributed by atoms with E-state index in [1.54, 1.807) is 12.1 Å². The number of hydrogen-bond acceptors (Lipinski definition) is 3. The summed E-state index contributed by atoms with van der Waals surface area (Å²) in [7, 11) is 0. The minimum absolute atomic E-state index is 0.0996. The Bertz CT molecular complexity index is 613. The second-order valence-electron chi connectivity index (χ2n) is 4.02. The predicted molar refractivity (Wildman–Crippen MR) is 67.3 cm³/mol. The molecule has 3 N–H and O–H groups in total. The van der Waals surface area contributed by atoms with Crippen LogP contribution in [0.4, 0.5) is 4.39 Å². The average Bonchev–Trinajstić information content (AvgIpc) is 2.36. The van der Waals surface area contributed by atoms with Crippen LogP contribution in [-0.2, 0) is 6.54 Å². The Morgan fingerprint density at radius 2 is 1.84 bits per heavy atom. The molecule has 2 aromatic carbocycles. The molecule has 5 heteroatoms. The first-order chi connectivity index (χ1) is 9.06. The highest BCUT2D eigenvalue weighted by molar-refractivity contribution is 5.94. The maximum Gasteiger partial charge on any atom is 0.254 e. The van der Waals surface area contributed by atoms with Gasteiger partial charge in [0.1, 0.15) is 17.3 Å². The summed E-state index contributed by atoms with van der Waals surface area (Å²) in [5.41, 5.74) is 0.561. The molecule has 19 heavy (non-hydrogen) atoms. The molecule has 98 valence electrons. The molecule has 0 saturated heterocycles. The molecule has 0 unspecified atom stereocenters. The number of phenolic OH excluding ortho intramolecular Hbond substituents is 2. The number of nitrogens with one attached hydrogen (secondary N) is 1. The number of rotatable bonds is 3. The van der Waals surface area contributed by atoms with E-state index in [0.29, 0.717) is 5.56 Å². The van der Waals surface area contributed by atoms with E-state index in [0.717, 1.165) is 6.07 Å². The largest absolute Gasteiger partial charge is 0.508 e. The van der Waals surface area contributed by atoms with Crippen molar-refractivity contribution in [2.24, 2.45) is 0 Å². The molecule has 2 aromatic rings. The molecule has 4 nitrogen and oxygen atoms in total. The van der Waals surface area contributed by atoms with Crippen molar-refractivity contribution in [3.05, 3.63) is 59.4 Å². The Labute approximate surface area is 109 Å². The summed E-state index contributed by atoms with van der Waals surface area (Å²) in [6.07, 6.45) is 0. The van der Waals surface area contributed by atoms with Crippen molar-refractivity contribution < 1.29 is 19.4 Å². The third kappa shape index (κ3) is 3.22. The Morgan fingerprint density at radius 1 is 1.11 bits per heavy atom. The fourth-order valence-corrected chi connectivity index (χ4v) is 1.63. The number of carbonyl (C=O) groups is 1. The zero-order valence-corrected chi connectivity index (χ0v) is 9.93. The van der Waals surface area contributed by atoms with Gasteiger partial charge in [0.05, 0.1) is 5.56 Å². The Morgan fingerprint density at radius 3 is 2.53 bits per heavy atom. The van der Waals surface area contributed by atoms with Crippen molar-refractivity contribution >= 4 is 5.91 Å². The second-order valence-corrected chi connectivity index (χ2v) is 4.02. The van der Waals surface area contributed by atoms with Crippen LogP contribution in [0.25, 0.3) is 0 Å². The molecule has 0 aliphatic rings. The van der Waals surface area contributed by atoms with Gasteiger partial charge in [0, 0.05) is 12.6 Å². The van der Waals surface area contributed by atoms with Crippen molar-refractivity contribution in [1.29, 1.82) is 0 Å². The zero-order valence-electron chi connectivity index (χ0n) is 9.93. The zero-order chi connectivity index (χ0) is 13.8. The first kappa shape index (κ1) is 12.9. The molecule has 1 amide bonds. The number of halogens is 1. The number of phenols is 2. The van der Waals surface area contributed by atoms with E-state index < -0.39 is 11.7 Å². The molecule has 0 bridgehead atoms. The predicted octanol–water partition coefficient (Wildman–Crippen LogP) is 2.17. The van der Waals surface area contributed by atoms with Crippen LogP contribution in [-0.4, -0.2) is 16.1 Å². The van der Waals surface area contributed by atoms with E-state index in [1.807, 2.05) is 0 Å². The maximum atomic E-state index is 13.4. The van der Waals surface area contributed by atoms with Crippen LogP contribution in [0.5, 0.6) is 11.5 Å². The van der Waals surface area contributed by atoms with Crippen LogP contribution in [0.15, 0.2) is 42.5 Å². The third-order valence-electron chi connectivity index (χ3n) is 2.56. The highest BCUT2D eigenvalue weighted by atomic mass is 19.1. The van der Waals surface area contributed by atoms with Gasteiger partial charge in [0.25, 0.3) is 5.91 Å². The van der Waals surface area contributed by atoms with Gasteiger partial charge in [-0.15, -0.1) is 0 Å². The van der Waals surface area contributed by atoms with Gasteiger partial charge in [-0.2, -0.15) is 0 Å². The van der Waals surface area contributed by atoms with Crippen LogP contribution in [0.3, 0.4) is 0 Å². The molecule has 2 rings (SSSR count). The summed E-state index contributed by atoms with van der Waals surface area (Å²) in [6, 6.07) is 9.74. The minimum atomic E-state index is -0.784. The second kappa shape index (κ2) is 5.39. The van der Waals surface area contributed by atoms with Crippen molar-refractivity contribution in [2.75, 3.05) is 0 Å². The SMILES string of the molecule is O=C(NCc1cccc(O)c1)c1ccc(O)cc1F. The summed E-state index contributed by atoms with van der Waals surface area (Å²) >= 11 is 0. The van der Waals surface area contributed by atoms with Crippen LogP contribution >= 0.6 is 0 Å². The maximum absolute atomic E-state index is 13.4. The highest BCUT2D eigenvalue weighted by Crippen LogP contribution is 2.15. The van der Waals surface area contributed by atoms with Crippen molar-refractivity contribution in [1.82, 2.24) is 5.32 Å². The van der Waals surface area contributed by atoms with Crippen molar-refractivity contribution in [3.63, 3.8) is 0 Å². The average molecular weight is 261 g/mol. The van der Waals surface area contributed by atoms with Crippen LogP contribution in [0.2, 0.25) is 0 Å². The summed E-state index contributed by atoms with van der Waals surface area (Å²) in [4.78, 5) is 11.7. The monoisotopic (exact) mass is 261 g/mol. The molecule has 0 spiro atoms. The highest BCUT2D eigenvalue weighted by Gasteiger charge is 2.11. The molecule has 0 heterocycles. The van der Waals surface area contributed by atoms with Gasteiger partial charge < -0.3 is 15.5 Å². The molecular weight excluding hydrogens is 249 g/mol. The van der Waals surface area contributed by atoms with Gasteiger partial charge in [-0.25, -0.2) is 4.39 Å². The lowest BCUT2D eigenvalue weighted by atomic mass is 10.1. The first-order valence-electron chi connectivity index (χ1n) is 5.61. The lowest BCUT2D eigenvalue weighted by Gasteiger charge is -2.07. The van der Waals surface area contributed by atoms with E-state index in [1.165, 1.54) is 24.3 Å². The number of hydrogen-bond donors (Lipinski definition) is 3. The third-order valence-corrected chi connectivity index (χ3v) is 2.56. The number of amides is 1. The molecular formula is C14H12FNO3. The summed E-state index contributed by atoms with van der Waals surface area (Å²) in [6.45, 7) is 0.174. The van der Waals surface area contributed by atoms with E-state index in [-0.39, 0.29) is 23.6 Å². The van der Waals surface area contributed by atoms with E-state index in [4.69, 9.17) is 5.11 Å². The molecule has 0 aromatic heterocycles. The quantitative estimate of drug-likeness (QED) is 0.793. The fraction of sp³-hybridized carbons (Fsp3) is 0.0714. The smallest absolute Gasteiger partial charge is 0.254 e. The van der Waals surface area contributed by atoms with Gasteiger partial charge in [0.15, 0.2) is 0 Å². The summed E-state index contributed by atoms with van der Waals surface area (Å²) in [5.74, 6) is -1.50. The molecule has 0 radical (unpaired) electrons. The van der Waals surface area contributed by atoms with Gasteiger partial charge in [-0.3, -0.25) is 4.79 Å². The normalized spacial score (nSPS) is 10.2.